The highest BCUT2D eigenvalue weighted by Crippen LogP contribution is 2.37. The summed E-state index contributed by atoms with van der Waals surface area (Å²) in [4.78, 5) is 31.9. The fourth-order valence-electron chi connectivity index (χ4n) is 4.32. The standard InChI is InChI=1S/C18H26N4O2.ClH/c23-16(22-9-4-18(5-10-22)3-6-19-13-18)14-11-15(20-12-14)17(24)21-7-1-2-8-21;/h11-12,19-20H,1-10,13H2;1H. The molecule has 0 aromatic carbocycles. The number of carbonyl (C=O) groups is 2. The number of rotatable bonds is 2. The van der Waals surface area contributed by atoms with Crippen molar-refractivity contribution < 1.29 is 9.59 Å². The molecule has 0 atom stereocenters. The van der Waals surface area contributed by atoms with Crippen LogP contribution < -0.4 is 5.32 Å². The molecule has 1 aromatic heterocycles. The van der Waals surface area contributed by atoms with Gasteiger partial charge >= 0.3 is 0 Å². The van der Waals surface area contributed by atoms with E-state index in [4.69, 9.17) is 0 Å². The van der Waals surface area contributed by atoms with Crippen LogP contribution in [0.15, 0.2) is 12.3 Å². The first-order valence-electron chi connectivity index (χ1n) is 9.15. The molecule has 3 aliphatic rings. The maximum absolute atomic E-state index is 12.7. The predicted octanol–water partition coefficient (Wildman–Crippen LogP) is 1.89. The monoisotopic (exact) mass is 366 g/mol. The van der Waals surface area contributed by atoms with Gasteiger partial charge in [0.25, 0.3) is 11.8 Å². The smallest absolute Gasteiger partial charge is 0.270 e. The zero-order valence-electron chi connectivity index (χ0n) is 14.6. The van der Waals surface area contributed by atoms with Gasteiger partial charge in [-0.25, -0.2) is 0 Å². The van der Waals surface area contributed by atoms with Crippen LogP contribution in [0, 0.1) is 5.41 Å². The second-order valence-electron chi connectivity index (χ2n) is 7.52. The molecule has 6 nitrogen and oxygen atoms in total. The van der Waals surface area contributed by atoms with Crippen LogP contribution in [0.25, 0.3) is 0 Å². The first-order chi connectivity index (χ1) is 11.7. The number of H-pyrrole nitrogens is 1. The molecule has 0 aliphatic carbocycles. The van der Waals surface area contributed by atoms with Crippen LogP contribution in [-0.4, -0.2) is 65.9 Å². The number of aromatic nitrogens is 1. The minimum Gasteiger partial charge on any atom is -0.356 e. The lowest BCUT2D eigenvalue weighted by Crippen LogP contribution is -2.43. The van der Waals surface area contributed by atoms with Gasteiger partial charge in [-0.15, -0.1) is 12.4 Å². The molecular formula is C18H27ClN4O2. The van der Waals surface area contributed by atoms with Crippen LogP contribution in [0.4, 0.5) is 0 Å². The first-order valence-corrected chi connectivity index (χ1v) is 9.15. The van der Waals surface area contributed by atoms with Crippen molar-refractivity contribution in [3.63, 3.8) is 0 Å². The number of carbonyl (C=O) groups excluding carboxylic acids is 2. The summed E-state index contributed by atoms with van der Waals surface area (Å²) in [7, 11) is 0. The number of nitrogens with one attached hydrogen (secondary N) is 2. The van der Waals surface area contributed by atoms with Gasteiger partial charge in [-0.3, -0.25) is 9.59 Å². The van der Waals surface area contributed by atoms with E-state index in [2.05, 4.69) is 10.3 Å². The van der Waals surface area contributed by atoms with Crippen molar-refractivity contribution in [3.05, 3.63) is 23.5 Å². The number of nitrogens with zero attached hydrogens (tertiary/aromatic N) is 2. The van der Waals surface area contributed by atoms with Gasteiger partial charge in [-0.2, -0.15) is 0 Å². The molecule has 3 aliphatic heterocycles. The number of aromatic amines is 1. The number of likely N-dealkylation sites (tertiary alicyclic amines) is 2. The third-order valence-corrected chi connectivity index (χ3v) is 6.00. The van der Waals surface area contributed by atoms with Crippen molar-refractivity contribution in [1.29, 1.82) is 0 Å². The average molecular weight is 367 g/mol. The van der Waals surface area contributed by atoms with Gasteiger partial charge in [-0.1, -0.05) is 0 Å². The number of piperidine rings is 1. The molecule has 1 spiro atoms. The van der Waals surface area contributed by atoms with E-state index in [0.717, 1.165) is 65.0 Å². The number of amides is 2. The van der Waals surface area contributed by atoms with E-state index in [9.17, 15) is 9.59 Å². The lowest BCUT2D eigenvalue weighted by molar-refractivity contribution is 0.0608. The van der Waals surface area contributed by atoms with Crippen molar-refractivity contribution in [2.75, 3.05) is 39.3 Å². The van der Waals surface area contributed by atoms with Crippen molar-refractivity contribution in [2.45, 2.75) is 32.1 Å². The van der Waals surface area contributed by atoms with Crippen LogP contribution in [0.5, 0.6) is 0 Å². The van der Waals surface area contributed by atoms with Crippen LogP contribution in [0.1, 0.15) is 53.0 Å². The molecule has 4 rings (SSSR count). The second-order valence-corrected chi connectivity index (χ2v) is 7.52. The van der Waals surface area contributed by atoms with Crippen LogP contribution in [-0.2, 0) is 0 Å². The SMILES string of the molecule is Cl.O=C(c1c[nH]c(C(=O)N2CCCC2)c1)N1CCC2(CCNC2)CC1. The van der Waals surface area contributed by atoms with Crippen molar-refractivity contribution in [3.8, 4) is 0 Å². The van der Waals surface area contributed by atoms with E-state index < -0.39 is 0 Å². The number of halogens is 1. The molecule has 3 fully saturated rings. The van der Waals surface area contributed by atoms with E-state index >= 15 is 0 Å². The molecule has 7 heteroatoms. The summed E-state index contributed by atoms with van der Waals surface area (Å²) < 4.78 is 0. The molecule has 2 N–H and O–H groups in total. The molecule has 3 saturated heterocycles. The predicted molar refractivity (Wildman–Crippen MR) is 98.2 cm³/mol. The number of hydrogen-bond acceptors (Lipinski definition) is 3. The highest BCUT2D eigenvalue weighted by molar-refractivity contribution is 5.99. The molecule has 0 unspecified atom stereocenters. The highest BCUT2D eigenvalue weighted by atomic mass is 35.5. The van der Waals surface area contributed by atoms with Gasteiger partial charge in [0.15, 0.2) is 0 Å². The Morgan fingerprint density at radius 1 is 0.960 bits per heavy atom. The highest BCUT2D eigenvalue weighted by Gasteiger charge is 2.38. The summed E-state index contributed by atoms with van der Waals surface area (Å²) in [6.45, 7) is 5.48. The summed E-state index contributed by atoms with van der Waals surface area (Å²) in [5.41, 5.74) is 1.55. The fourth-order valence-corrected chi connectivity index (χ4v) is 4.32. The summed E-state index contributed by atoms with van der Waals surface area (Å²) >= 11 is 0. The van der Waals surface area contributed by atoms with E-state index in [1.807, 2.05) is 9.80 Å². The Balaban J connectivity index is 0.00000182. The Hall–Kier alpha value is -1.53. The molecule has 0 bridgehead atoms. The molecule has 25 heavy (non-hydrogen) atoms. The van der Waals surface area contributed by atoms with Gasteiger partial charge in [0.2, 0.25) is 0 Å². The topological polar surface area (TPSA) is 68.4 Å². The van der Waals surface area contributed by atoms with E-state index in [1.165, 1.54) is 6.42 Å². The summed E-state index contributed by atoms with van der Waals surface area (Å²) in [5, 5.41) is 3.45. The van der Waals surface area contributed by atoms with E-state index in [1.54, 1.807) is 12.3 Å². The average Bonchev–Trinajstić information content (AvgIpc) is 3.36. The van der Waals surface area contributed by atoms with Crippen LogP contribution in [0.3, 0.4) is 0 Å². The zero-order valence-corrected chi connectivity index (χ0v) is 15.4. The molecule has 2 amide bonds. The van der Waals surface area contributed by atoms with Crippen molar-refractivity contribution in [2.24, 2.45) is 5.41 Å². The normalized spacial score (nSPS) is 22.2. The third-order valence-electron chi connectivity index (χ3n) is 6.00. The molecular weight excluding hydrogens is 340 g/mol. The fraction of sp³-hybridized carbons (Fsp3) is 0.667. The van der Waals surface area contributed by atoms with E-state index in [0.29, 0.717) is 16.7 Å². The third kappa shape index (κ3) is 3.55. The molecule has 0 radical (unpaired) electrons. The van der Waals surface area contributed by atoms with Crippen molar-refractivity contribution >= 4 is 24.2 Å². The molecule has 138 valence electrons. The maximum Gasteiger partial charge on any atom is 0.270 e. The largest absolute Gasteiger partial charge is 0.356 e. The quantitative estimate of drug-likeness (QED) is 0.839. The number of hydrogen-bond donors (Lipinski definition) is 2. The van der Waals surface area contributed by atoms with Gasteiger partial charge in [0, 0.05) is 38.9 Å². The van der Waals surface area contributed by atoms with Crippen LogP contribution in [0.2, 0.25) is 0 Å². The Morgan fingerprint density at radius 3 is 2.28 bits per heavy atom. The molecule has 0 saturated carbocycles. The van der Waals surface area contributed by atoms with Gasteiger partial charge in [0.05, 0.1) is 5.56 Å². The Bertz CT molecular complexity index is 623. The summed E-state index contributed by atoms with van der Waals surface area (Å²) in [6.07, 6.45) is 7.22. The van der Waals surface area contributed by atoms with Crippen LogP contribution >= 0.6 is 12.4 Å². The Labute approximate surface area is 154 Å². The Morgan fingerprint density at radius 2 is 1.64 bits per heavy atom. The van der Waals surface area contributed by atoms with Gasteiger partial charge in [-0.05, 0) is 50.1 Å². The van der Waals surface area contributed by atoms with Gasteiger partial charge in [0.1, 0.15) is 5.69 Å². The maximum atomic E-state index is 12.7. The first kappa shape index (κ1) is 18.3. The van der Waals surface area contributed by atoms with Gasteiger partial charge < -0.3 is 20.1 Å². The summed E-state index contributed by atoms with van der Waals surface area (Å²) in [6, 6.07) is 1.73. The lowest BCUT2D eigenvalue weighted by Gasteiger charge is -2.38. The van der Waals surface area contributed by atoms with E-state index in [-0.39, 0.29) is 24.2 Å². The second kappa shape index (κ2) is 7.38. The minimum absolute atomic E-state index is 0. The lowest BCUT2D eigenvalue weighted by atomic mass is 9.78. The Kier molecular flexibility index (Phi) is 5.39. The molecule has 4 heterocycles. The summed E-state index contributed by atoms with van der Waals surface area (Å²) in [5.74, 6) is 0.0636. The zero-order chi connectivity index (χ0) is 16.6. The molecule has 1 aromatic rings. The minimum atomic E-state index is 0. The van der Waals surface area contributed by atoms with Crippen molar-refractivity contribution in [1.82, 2.24) is 20.1 Å².